The van der Waals surface area contributed by atoms with E-state index in [0.717, 1.165) is 17.0 Å². The van der Waals surface area contributed by atoms with Crippen molar-refractivity contribution >= 4 is 11.6 Å². The number of hydrogen-bond acceptors (Lipinski definition) is 4. The van der Waals surface area contributed by atoms with Gasteiger partial charge in [-0.3, -0.25) is 0 Å². The topological polar surface area (TPSA) is 51.6 Å². The summed E-state index contributed by atoms with van der Waals surface area (Å²) in [7, 11) is 0. The highest BCUT2D eigenvalue weighted by Gasteiger charge is 2.26. The standard InChI is InChI=1S/C11H9ClN4/c12-11-15-9(7-1-2-7)3-10(16-11)8-4-13-6-14-5-8/h3-7H,1-2H2. The summed E-state index contributed by atoms with van der Waals surface area (Å²) in [6.07, 6.45) is 7.33. The molecule has 0 radical (unpaired) electrons. The van der Waals surface area contributed by atoms with Crippen molar-refractivity contribution in [3.63, 3.8) is 0 Å². The van der Waals surface area contributed by atoms with Gasteiger partial charge in [0.1, 0.15) is 6.33 Å². The van der Waals surface area contributed by atoms with E-state index in [1.807, 2.05) is 6.07 Å². The molecule has 0 N–H and O–H groups in total. The van der Waals surface area contributed by atoms with Crippen LogP contribution in [0.4, 0.5) is 0 Å². The van der Waals surface area contributed by atoms with E-state index >= 15 is 0 Å². The third kappa shape index (κ3) is 1.88. The van der Waals surface area contributed by atoms with Crippen LogP contribution in [0.1, 0.15) is 24.5 Å². The van der Waals surface area contributed by atoms with Crippen LogP contribution >= 0.6 is 11.6 Å². The molecule has 16 heavy (non-hydrogen) atoms. The van der Waals surface area contributed by atoms with Crippen molar-refractivity contribution < 1.29 is 0 Å². The molecule has 2 aromatic rings. The van der Waals surface area contributed by atoms with Gasteiger partial charge in [-0.05, 0) is 30.5 Å². The average molecular weight is 233 g/mol. The van der Waals surface area contributed by atoms with Crippen molar-refractivity contribution in [2.45, 2.75) is 18.8 Å². The predicted molar refractivity (Wildman–Crippen MR) is 60.0 cm³/mol. The highest BCUT2D eigenvalue weighted by molar-refractivity contribution is 6.28. The fraction of sp³-hybridized carbons (Fsp3) is 0.273. The van der Waals surface area contributed by atoms with E-state index in [-0.39, 0.29) is 0 Å². The Hall–Kier alpha value is -1.55. The molecule has 2 heterocycles. The summed E-state index contributed by atoms with van der Waals surface area (Å²) >= 11 is 5.91. The van der Waals surface area contributed by atoms with E-state index in [1.165, 1.54) is 19.2 Å². The molecule has 0 amide bonds. The Morgan fingerprint density at radius 1 is 1.12 bits per heavy atom. The van der Waals surface area contributed by atoms with Crippen LogP contribution in [0.15, 0.2) is 24.8 Å². The Kier molecular flexibility index (Phi) is 2.29. The van der Waals surface area contributed by atoms with Gasteiger partial charge in [-0.1, -0.05) is 0 Å². The van der Waals surface area contributed by atoms with Crippen molar-refractivity contribution in [1.29, 1.82) is 0 Å². The summed E-state index contributed by atoms with van der Waals surface area (Å²) in [6.45, 7) is 0. The zero-order chi connectivity index (χ0) is 11.0. The summed E-state index contributed by atoms with van der Waals surface area (Å²) in [5, 5.41) is 0.295. The van der Waals surface area contributed by atoms with Crippen LogP contribution < -0.4 is 0 Å². The molecule has 1 saturated carbocycles. The third-order valence-electron chi connectivity index (χ3n) is 2.57. The highest BCUT2D eigenvalue weighted by Crippen LogP contribution is 2.40. The van der Waals surface area contributed by atoms with Crippen molar-refractivity contribution in [1.82, 2.24) is 19.9 Å². The Morgan fingerprint density at radius 2 is 1.88 bits per heavy atom. The lowest BCUT2D eigenvalue weighted by molar-refractivity contribution is 0.989. The maximum Gasteiger partial charge on any atom is 0.223 e. The summed E-state index contributed by atoms with van der Waals surface area (Å²) < 4.78 is 0. The second kappa shape index (κ2) is 3.79. The molecular formula is C11H9ClN4. The van der Waals surface area contributed by atoms with E-state index in [1.54, 1.807) is 12.4 Å². The maximum atomic E-state index is 5.91. The molecule has 3 rings (SSSR count). The van der Waals surface area contributed by atoms with Crippen molar-refractivity contribution in [3.05, 3.63) is 35.8 Å². The summed E-state index contributed by atoms with van der Waals surface area (Å²) in [5.41, 5.74) is 2.69. The molecular weight excluding hydrogens is 224 g/mol. The van der Waals surface area contributed by atoms with Gasteiger partial charge in [0, 0.05) is 29.6 Å². The smallest absolute Gasteiger partial charge is 0.223 e. The molecule has 0 spiro atoms. The number of hydrogen-bond donors (Lipinski definition) is 0. The first kappa shape index (κ1) is 9.66. The number of rotatable bonds is 2. The minimum Gasteiger partial charge on any atom is -0.244 e. The monoisotopic (exact) mass is 232 g/mol. The van der Waals surface area contributed by atoms with Gasteiger partial charge in [0.15, 0.2) is 0 Å². The van der Waals surface area contributed by atoms with Gasteiger partial charge >= 0.3 is 0 Å². The molecule has 0 aliphatic heterocycles. The zero-order valence-electron chi connectivity index (χ0n) is 8.47. The Bertz CT molecular complexity index is 511. The molecule has 0 atom stereocenters. The van der Waals surface area contributed by atoms with E-state index in [2.05, 4.69) is 19.9 Å². The first-order valence-corrected chi connectivity index (χ1v) is 5.50. The lowest BCUT2D eigenvalue weighted by Crippen LogP contribution is -1.94. The second-order valence-corrected chi connectivity index (χ2v) is 4.19. The average Bonchev–Trinajstić information content (AvgIpc) is 3.13. The van der Waals surface area contributed by atoms with Gasteiger partial charge in [0.2, 0.25) is 5.28 Å². The van der Waals surface area contributed by atoms with Crippen LogP contribution in [0.25, 0.3) is 11.3 Å². The molecule has 1 aliphatic rings. The van der Waals surface area contributed by atoms with Gasteiger partial charge in [-0.15, -0.1) is 0 Å². The van der Waals surface area contributed by atoms with Crippen LogP contribution in [0.2, 0.25) is 5.28 Å². The summed E-state index contributed by atoms with van der Waals surface area (Å²) in [5.74, 6) is 0.559. The fourth-order valence-corrected chi connectivity index (χ4v) is 1.79. The first-order chi connectivity index (χ1) is 7.83. The van der Waals surface area contributed by atoms with Crippen LogP contribution in [-0.4, -0.2) is 19.9 Å². The maximum absolute atomic E-state index is 5.91. The van der Waals surface area contributed by atoms with Gasteiger partial charge in [0.05, 0.1) is 5.69 Å². The van der Waals surface area contributed by atoms with Gasteiger partial charge in [-0.25, -0.2) is 19.9 Å². The second-order valence-electron chi connectivity index (χ2n) is 3.85. The fourth-order valence-electron chi connectivity index (χ4n) is 1.60. The normalized spacial score (nSPS) is 15.1. The third-order valence-corrected chi connectivity index (χ3v) is 2.74. The highest BCUT2D eigenvalue weighted by atomic mass is 35.5. The number of nitrogens with zero attached hydrogens (tertiary/aromatic N) is 4. The molecule has 0 aromatic carbocycles. The van der Waals surface area contributed by atoms with Crippen LogP contribution in [-0.2, 0) is 0 Å². The van der Waals surface area contributed by atoms with Crippen molar-refractivity contribution in [2.24, 2.45) is 0 Å². The summed E-state index contributed by atoms with van der Waals surface area (Å²) in [6, 6.07) is 1.97. The van der Waals surface area contributed by atoms with Crippen molar-refractivity contribution in [3.8, 4) is 11.3 Å². The minimum absolute atomic E-state index is 0.295. The molecule has 4 nitrogen and oxygen atoms in total. The number of halogens is 1. The van der Waals surface area contributed by atoms with E-state index in [4.69, 9.17) is 11.6 Å². The molecule has 0 unspecified atom stereocenters. The molecule has 0 saturated heterocycles. The van der Waals surface area contributed by atoms with E-state index < -0.39 is 0 Å². The Morgan fingerprint density at radius 3 is 2.56 bits per heavy atom. The molecule has 5 heteroatoms. The quantitative estimate of drug-likeness (QED) is 0.747. The molecule has 1 fully saturated rings. The van der Waals surface area contributed by atoms with E-state index in [9.17, 15) is 0 Å². The zero-order valence-corrected chi connectivity index (χ0v) is 9.22. The predicted octanol–water partition coefficient (Wildman–Crippen LogP) is 2.46. The Labute approximate surface area is 97.8 Å². The van der Waals surface area contributed by atoms with Crippen LogP contribution in [0.3, 0.4) is 0 Å². The molecule has 2 aromatic heterocycles. The lowest BCUT2D eigenvalue weighted by atomic mass is 10.2. The van der Waals surface area contributed by atoms with Crippen molar-refractivity contribution in [2.75, 3.05) is 0 Å². The molecule has 80 valence electrons. The SMILES string of the molecule is Clc1nc(-c2cncnc2)cc(C2CC2)n1. The minimum atomic E-state index is 0.295. The van der Waals surface area contributed by atoms with Gasteiger partial charge < -0.3 is 0 Å². The summed E-state index contributed by atoms with van der Waals surface area (Å²) in [4.78, 5) is 16.4. The molecule has 0 bridgehead atoms. The van der Waals surface area contributed by atoms with Crippen LogP contribution in [0, 0.1) is 0 Å². The first-order valence-electron chi connectivity index (χ1n) is 5.13. The van der Waals surface area contributed by atoms with E-state index in [0.29, 0.717) is 11.2 Å². The largest absolute Gasteiger partial charge is 0.244 e. The lowest BCUT2D eigenvalue weighted by Gasteiger charge is -2.03. The van der Waals surface area contributed by atoms with Gasteiger partial charge in [0.25, 0.3) is 0 Å². The van der Waals surface area contributed by atoms with Crippen LogP contribution in [0.5, 0.6) is 0 Å². The van der Waals surface area contributed by atoms with Gasteiger partial charge in [-0.2, -0.15) is 0 Å². The molecule has 1 aliphatic carbocycles. The number of aromatic nitrogens is 4. The Balaban J connectivity index is 2.06.